The summed E-state index contributed by atoms with van der Waals surface area (Å²) in [7, 11) is -2.38. The highest BCUT2D eigenvalue weighted by atomic mass is 32.2. The molecule has 2 aromatic heterocycles. The van der Waals surface area contributed by atoms with Gasteiger partial charge >= 0.3 is 5.97 Å². The van der Waals surface area contributed by atoms with E-state index in [0.29, 0.717) is 16.1 Å². The average Bonchev–Trinajstić information content (AvgIpc) is 3.09. The molecule has 30 heavy (non-hydrogen) atoms. The van der Waals surface area contributed by atoms with Gasteiger partial charge in [0.15, 0.2) is 0 Å². The van der Waals surface area contributed by atoms with Gasteiger partial charge in [-0.2, -0.15) is 0 Å². The standard InChI is InChI=1S/C20H21N3O5S2/c1-11-6-7-14-15(8-11)29-19-17(14)18(24)22-16(23-19)10-28-20(25)12-4-3-5-13(9-12)30(26,27)21-2/h3-5,9,11,21H,6-8,10H2,1-2H3,(H,22,23,24)/t11-/m0/s1. The first-order valence-corrected chi connectivity index (χ1v) is 11.8. The Bertz CT molecular complexity index is 1290. The molecular weight excluding hydrogens is 426 g/mol. The van der Waals surface area contributed by atoms with E-state index in [2.05, 4.69) is 21.6 Å². The molecule has 1 aliphatic carbocycles. The molecule has 1 aliphatic rings. The molecule has 3 aromatic rings. The van der Waals surface area contributed by atoms with Gasteiger partial charge in [-0.05, 0) is 56.0 Å². The molecule has 0 aliphatic heterocycles. The summed E-state index contributed by atoms with van der Waals surface area (Å²) in [6.07, 6.45) is 2.88. The Kier molecular flexibility index (Phi) is 5.48. The van der Waals surface area contributed by atoms with E-state index in [0.717, 1.165) is 24.8 Å². The molecular formula is C20H21N3O5S2. The molecule has 0 bridgehead atoms. The van der Waals surface area contributed by atoms with Crippen LogP contribution in [0, 0.1) is 5.92 Å². The number of aromatic amines is 1. The van der Waals surface area contributed by atoms with Crippen molar-refractivity contribution in [1.29, 1.82) is 0 Å². The molecule has 0 unspecified atom stereocenters. The lowest BCUT2D eigenvalue weighted by Crippen LogP contribution is -2.19. The Morgan fingerprint density at radius 2 is 2.20 bits per heavy atom. The van der Waals surface area contributed by atoms with Crippen molar-refractivity contribution in [1.82, 2.24) is 14.7 Å². The largest absolute Gasteiger partial charge is 0.454 e. The number of carbonyl (C=O) groups is 1. The van der Waals surface area contributed by atoms with Crippen LogP contribution in [0.15, 0.2) is 34.0 Å². The molecule has 2 heterocycles. The fourth-order valence-electron chi connectivity index (χ4n) is 3.59. The maximum atomic E-state index is 12.6. The summed E-state index contributed by atoms with van der Waals surface area (Å²) in [6, 6.07) is 5.55. The monoisotopic (exact) mass is 447 g/mol. The summed E-state index contributed by atoms with van der Waals surface area (Å²) < 4.78 is 31.3. The number of hydrogen-bond acceptors (Lipinski definition) is 7. The van der Waals surface area contributed by atoms with Gasteiger partial charge in [0.05, 0.1) is 15.8 Å². The summed E-state index contributed by atoms with van der Waals surface area (Å²) in [5.74, 6) is 0.143. The number of aromatic nitrogens is 2. The molecule has 10 heteroatoms. The molecule has 2 N–H and O–H groups in total. The molecule has 1 aromatic carbocycles. The quantitative estimate of drug-likeness (QED) is 0.580. The summed E-state index contributed by atoms with van der Waals surface area (Å²) in [5, 5.41) is 0.641. The molecule has 0 fully saturated rings. The summed E-state index contributed by atoms with van der Waals surface area (Å²) in [6.45, 7) is 1.98. The molecule has 0 saturated carbocycles. The van der Waals surface area contributed by atoms with E-state index in [9.17, 15) is 18.0 Å². The minimum atomic E-state index is -3.67. The fourth-order valence-corrected chi connectivity index (χ4v) is 5.76. The van der Waals surface area contributed by atoms with Crippen LogP contribution in [0.1, 0.15) is 40.0 Å². The number of nitrogens with zero attached hydrogens (tertiary/aromatic N) is 1. The van der Waals surface area contributed by atoms with Gasteiger partial charge in [0, 0.05) is 4.88 Å². The average molecular weight is 448 g/mol. The van der Waals surface area contributed by atoms with E-state index in [1.807, 2.05) is 0 Å². The third-order valence-corrected chi connectivity index (χ3v) is 7.76. The number of hydrogen-bond donors (Lipinski definition) is 2. The molecule has 0 saturated heterocycles. The molecule has 0 amide bonds. The molecule has 0 radical (unpaired) electrons. The van der Waals surface area contributed by atoms with E-state index in [1.165, 1.54) is 47.5 Å². The van der Waals surface area contributed by atoms with Gasteiger partial charge in [-0.3, -0.25) is 4.79 Å². The summed E-state index contributed by atoms with van der Waals surface area (Å²) in [4.78, 5) is 34.0. The minimum Gasteiger partial charge on any atom is -0.454 e. The molecule has 1 atom stereocenters. The highest BCUT2D eigenvalue weighted by Gasteiger charge is 2.23. The van der Waals surface area contributed by atoms with Gasteiger partial charge < -0.3 is 9.72 Å². The summed E-state index contributed by atoms with van der Waals surface area (Å²) >= 11 is 1.52. The minimum absolute atomic E-state index is 0.0363. The van der Waals surface area contributed by atoms with Crippen molar-refractivity contribution < 1.29 is 17.9 Å². The SMILES string of the molecule is CNS(=O)(=O)c1cccc(C(=O)OCc2nc3sc4c(c3c(=O)[nH]2)CC[C@H](C)C4)c1. The van der Waals surface area contributed by atoms with E-state index < -0.39 is 16.0 Å². The van der Waals surface area contributed by atoms with E-state index >= 15 is 0 Å². The van der Waals surface area contributed by atoms with Crippen molar-refractivity contribution in [3.8, 4) is 0 Å². The summed E-state index contributed by atoms with van der Waals surface area (Å²) in [5.41, 5.74) is 0.962. The van der Waals surface area contributed by atoms with Gasteiger partial charge in [0.2, 0.25) is 10.0 Å². The lowest BCUT2D eigenvalue weighted by Gasteiger charge is -2.17. The number of carbonyl (C=O) groups excluding carboxylic acids is 1. The number of thiophene rings is 1. The number of H-pyrrole nitrogens is 1. The van der Waals surface area contributed by atoms with E-state index in [-0.39, 0.29) is 28.4 Å². The zero-order valence-corrected chi connectivity index (χ0v) is 18.2. The van der Waals surface area contributed by atoms with Gasteiger partial charge in [0.25, 0.3) is 5.56 Å². The zero-order chi connectivity index (χ0) is 21.5. The number of ether oxygens (including phenoxy) is 1. The van der Waals surface area contributed by atoms with E-state index in [4.69, 9.17) is 4.74 Å². The Labute approximate surface area is 177 Å². The lowest BCUT2D eigenvalue weighted by molar-refractivity contribution is 0.0462. The topological polar surface area (TPSA) is 118 Å². The second-order valence-electron chi connectivity index (χ2n) is 7.36. The fraction of sp³-hybridized carbons (Fsp3) is 0.350. The number of nitrogens with one attached hydrogen (secondary N) is 2. The van der Waals surface area contributed by atoms with Crippen LogP contribution in [0.2, 0.25) is 0 Å². The third-order valence-electron chi connectivity index (χ3n) is 5.20. The Morgan fingerprint density at radius 3 is 2.97 bits per heavy atom. The number of sulfonamides is 1. The predicted octanol–water partition coefficient (Wildman–Crippen LogP) is 2.37. The van der Waals surface area contributed by atoms with Crippen molar-refractivity contribution in [2.45, 2.75) is 37.7 Å². The van der Waals surface area contributed by atoms with Crippen molar-refractivity contribution >= 4 is 37.5 Å². The number of rotatable bonds is 5. The molecule has 0 spiro atoms. The third kappa shape index (κ3) is 3.90. The Balaban J connectivity index is 1.55. The van der Waals surface area contributed by atoms with Crippen LogP contribution >= 0.6 is 11.3 Å². The Morgan fingerprint density at radius 1 is 1.40 bits per heavy atom. The number of benzene rings is 1. The van der Waals surface area contributed by atoms with Gasteiger partial charge in [-0.1, -0.05) is 13.0 Å². The Hall–Kier alpha value is -2.56. The smallest absolute Gasteiger partial charge is 0.338 e. The first kappa shape index (κ1) is 20.7. The second-order valence-corrected chi connectivity index (χ2v) is 10.3. The van der Waals surface area contributed by atoms with Crippen molar-refractivity contribution in [2.75, 3.05) is 7.05 Å². The highest BCUT2D eigenvalue weighted by molar-refractivity contribution is 7.89. The second kappa shape index (κ2) is 7.93. The van der Waals surface area contributed by atoms with Gasteiger partial charge in [-0.25, -0.2) is 22.9 Å². The van der Waals surface area contributed by atoms with Crippen molar-refractivity contribution in [3.05, 3.63) is 56.4 Å². The van der Waals surface area contributed by atoms with Gasteiger partial charge in [-0.15, -0.1) is 11.3 Å². The van der Waals surface area contributed by atoms with Crippen molar-refractivity contribution in [2.24, 2.45) is 5.92 Å². The predicted molar refractivity (Wildman–Crippen MR) is 113 cm³/mol. The van der Waals surface area contributed by atoms with Crippen LogP contribution in [0.25, 0.3) is 10.2 Å². The highest BCUT2D eigenvalue weighted by Crippen LogP contribution is 2.35. The van der Waals surface area contributed by atoms with Crippen LogP contribution in [-0.4, -0.2) is 31.4 Å². The van der Waals surface area contributed by atoms with Crippen LogP contribution in [-0.2, 0) is 34.2 Å². The number of fused-ring (bicyclic) bond motifs is 3. The molecule has 158 valence electrons. The van der Waals surface area contributed by atoms with Gasteiger partial charge in [0.1, 0.15) is 17.3 Å². The van der Waals surface area contributed by atoms with E-state index in [1.54, 1.807) is 0 Å². The van der Waals surface area contributed by atoms with Crippen LogP contribution in [0.5, 0.6) is 0 Å². The molecule has 4 rings (SSSR count). The zero-order valence-electron chi connectivity index (χ0n) is 16.5. The lowest BCUT2D eigenvalue weighted by atomic mass is 9.89. The maximum Gasteiger partial charge on any atom is 0.338 e. The number of aryl methyl sites for hydroxylation is 1. The number of esters is 1. The van der Waals surface area contributed by atoms with Crippen molar-refractivity contribution in [3.63, 3.8) is 0 Å². The maximum absolute atomic E-state index is 12.6. The first-order chi connectivity index (χ1) is 14.3. The van der Waals surface area contributed by atoms with Crippen LogP contribution in [0.3, 0.4) is 0 Å². The normalized spacial score (nSPS) is 16.4. The van der Waals surface area contributed by atoms with Crippen LogP contribution in [0.4, 0.5) is 0 Å². The molecule has 8 nitrogen and oxygen atoms in total. The first-order valence-electron chi connectivity index (χ1n) is 9.52. The van der Waals surface area contributed by atoms with Crippen LogP contribution < -0.4 is 10.3 Å².